The number of ether oxygens (including phenoxy) is 1. The number of likely N-dealkylation sites (tertiary alicyclic amines) is 1. The number of hydrogen-bond donors (Lipinski definition) is 0. The fraction of sp³-hybridized carbons (Fsp3) is 0.550. The van der Waals surface area contributed by atoms with Gasteiger partial charge in [-0.25, -0.2) is 4.79 Å². The Morgan fingerprint density at radius 2 is 1.87 bits per heavy atom. The van der Waals surface area contributed by atoms with Crippen molar-refractivity contribution in [3.05, 3.63) is 41.0 Å². The molecule has 1 atom stereocenters. The summed E-state index contributed by atoms with van der Waals surface area (Å²) >= 11 is 0. The minimum atomic E-state index is -0.449. The maximum Gasteiger partial charge on any atom is 0.410 e. The maximum absolute atomic E-state index is 12.4. The molecular formula is C20H29NO2. The topological polar surface area (TPSA) is 29.5 Å². The third-order valence-electron chi connectivity index (χ3n) is 4.20. The van der Waals surface area contributed by atoms with Crippen molar-refractivity contribution in [2.24, 2.45) is 0 Å². The van der Waals surface area contributed by atoms with Gasteiger partial charge >= 0.3 is 6.09 Å². The number of rotatable bonds is 2. The van der Waals surface area contributed by atoms with Crippen LogP contribution in [0.25, 0.3) is 6.08 Å². The van der Waals surface area contributed by atoms with Crippen LogP contribution in [0.2, 0.25) is 0 Å². The van der Waals surface area contributed by atoms with E-state index < -0.39 is 5.60 Å². The third kappa shape index (κ3) is 4.85. The van der Waals surface area contributed by atoms with E-state index in [2.05, 4.69) is 44.2 Å². The highest BCUT2D eigenvalue weighted by Crippen LogP contribution is 2.23. The van der Waals surface area contributed by atoms with Gasteiger partial charge in [0.25, 0.3) is 0 Å². The molecule has 0 spiro atoms. The molecule has 0 radical (unpaired) electrons. The van der Waals surface area contributed by atoms with Crippen LogP contribution in [-0.2, 0) is 4.74 Å². The number of hydrogen-bond acceptors (Lipinski definition) is 2. The first kappa shape index (κ1) is 17.6. The molecule has 1 aromatic rings. The van der Waals surface area contributed by atoms with Crippen molar-refractivity contribution in [2.45, 2.75) is 65.5 Å². The summed E-state index contributed by atoms with van der Waals surface area (Å²) < 4.78 is 5.56. The monoisotopic (exact) mass is 315 g/mol. The lowest BCUT2D eigenvalue weighted by atomic mass is 9.98. The highest BCUT2D eigenvalue weighted by molar-refractivity contribution is 5.69. The quantitative estimate of drug-likeness (QED) is 0.759. The van der Waals surface area contributed by atoms with Gasteiger partial charge in [0.2, 0.25) is 0 Å². The van der Waals surface area contributed by atoms with Crippen LogP contribution in [0, 0.1) is 13.8 Å². The molecule has 1 saturated heterocycles. The molecule has 0 N–H and O–H groups in total. The van der Waals surface area contributed by atoms with Crippen LogP contribution >= 0.6 is 0 Å². The molecule has 0 saturated carbocycles. The van der Waals surface area contributed by atoms with Gasteiger partial charge in [0.05, 0.1) is 6.04 Å². The average Bonchev–Trinajstić information content (AvgIpc) is 2.45. The molecule has 2 rings (SSSR count). The molecule has 23 heavy (non-hydrogen) atoms. The van der Waals surface area contributed by atoms with E-state index in [1.165, 1.54) is 16.7 Å². The van der Waals surface area contributed by atoms with Gasteiger partial charge in [0.15, 0.2) is 0 Å². The minimum Gasteiger partial charge on any atom is -0.444 e. The Bertz CT molecular complexity index is 564. The number of carbonyl (C=O) groups excluding carboxylic acids is 1. The second-order valence-corrected chi connectivity index (χ2v) is 7.40. The van der Waals surface area contributed by atoms with Crippen molar-refractivity contribution in [1.29, 1.82) is 0 Å². The molecule has 0 bridgehead atoms. The van der Waals surface area contributed by atoms with Crippen LogP contribution in [0.1, 0.15) is 56.7 Å². The first-order chi connectivity index (χ1) is 10.8. The van der Waals surface area contributed by atoms with Crippen LogP contribution < -0.4 is 0 Å². The molecule has 3 heteroatoms. The molecule has 1 aromatic carbocycles. The summed E-state index contributed by atoms with van der Waals surface area (Å²) in [5.41, 5.74) is 3.33. The zero-order valence-corrected chi connectivity index (χ0v) is 15.1. The van der Waals surface area contributed by atoms with E-state index in [0.29, 0.717) is 0 Å². The van der Waals surface area contributed by atoms with Crippen molar-refractivity contribution < 1.29 is 9.53 Å². The fourth-order valence-corrected chi connectivity index (χ4v) is 3.00. The SMILES string of the molecule is Cc1cccc(C)c1/C=C/C1CCCCN1C(=O)OC(C)(C)C. The Hall–Kier alpha value is -1.77. The largest absolute Gasteiger partial charge is 0.444 e. The Balaban J connectivity index is 2.15. The molecule has 1 amide bonds. The second kappa shape index (κ2) is 7.20. The molecule has 0 aromatic heterocycles. The number of amides is 1. The summed E-state index contributed by atoms with van der Waals surface area (Å²) in [6, 6.07) is 6.45. The first-order valence-corrected chi connectivity index (χ1v) is 8.52. The van der Waals surface area contributed by atoms with E-state index in [4.69, 9.17) is 4.74 Å². The highest BCUT2D eigenvalue weighted by Gasteiger charge is 2.28. The molecule has 1 fully saturated rings. The predicted molar refractivity (Wildman–Crippen MR) is 95.5 cm³/mol. The molecule has 1 unspecified atom stereocenters. The number of aryl methyl sites for hydroxylation is 2. The molecule has 1 aliphatic heterocycles. The lowest BCUT2D eigenvalue weighted by Gasteiger charge is -2.35. The Morgan fingerprint density at radius 3 is 2.48 bits per heavy atom. The summed E-state index contributed by atoms with van der Waals surface area (Å²) in [6.45, 7) is 10.8. The number of nitrogens with zero attached hydrogens (tertiary/aromatic N) is 1. The summed E-state index contributed by atoms with van der Waals surface area (Å²) in [7, 11) is 0. The number of carbonyl (C=O) groups is 1. The summed E-state index contributed by atoms with van der Waals surface area (Å²) in [5, 5.41) is 0. The molecule has 1 aliphatic rings. The van der Waals surface area contributed by atoms with Gasteiger partial charge < -0.3 is 9.64 Å². The average molecular weight is 315 g/mol. The number of piperidine rings is 1. The third-order valence-corrected chi connectivity index (χ3v) is 4.20. The lowest BCUT2D eigenvalue weighted by molar-refractivity contribution is 0.0150. The fourth-order valence-electron chi connectivity index (χ4n) is 3.00. The summed E-state index contributed by atoms with van der Waals surface area (Å²) in [4.78, 5) is 14.3. The standard InChI is InChI=1S/C20H29NO2/c1-15-9-8-10-16(2)18(15)13-12-17-11-6-7-14-21(17)19(22)23-20(3,4)5/h8-10,12-13,17H,6-7,11,14H2,1-5H3/b13-12+. The van der Waals surface area contributed by atoms with E-state index in [-0.39, 0.29) is 12.1 Å². The Morgan fingerprint density at radius 1 is 1.22 bits per heavy atom. The summed E-state index contributed by atoms with van der Waals surface area (Å²) in [6.07, 6.45) is 7.33. The van der Waals surface area contributed by atoms with Gasteiger partial charge in [-0.1, -0.05) is 30.4 Å². The van der Waals surface area contributed by atoms with E-state index in [1.54, 1.807) is 0 Å². The van der Waals surface area contributed by atoms with Crippen molar-refractivity contribution in [3.8, 4) is 0 Å². The number of benzene rings is 1. The lowest BCUT2D eigenvalue weighted by Crippen LogP contribution is -2.45. The van der Waals surface area contributed by atoms with Gasteiger partial charge in [0, 0.05) is 6.54 Å². The Kier molecular flexibility index (Phi) is 5.51. The van der Waals surface area contributed by atoms with Crippen molar-refractivity contribution >= 4 is 12.2 Å². The van der Waals surface area contributed by atoms with Crippen LogP contribution in [-0.4, -0.2) is 29.2 Å². The van der Waals surface area contributed by atoms with Gasteiger partial charge in [-0.2, -0.15) is 0 Å². The van der Waals surface area contributed by atoms with Crippen molar-refractivity contribution in [1.82, 2.24) is 4.90 Å². The second-order valence-electron chi connectivity index (χ2n) is 7.40. The molecular weight excluding hydrogens is 286 g/mol. The molecule has 126 valence electrons. The molecule has 3 nitrogen and oxygen atoms in total. The van der Waals surface area contributed by atoms with Gasteiger partial charge in [-0.3, -0.25) is 0 Å². The van der Waals surface area contributed by atoms with E-state index in [0.717, 1.165) is 25.8 Å². The van der Waals surface area contributed by atoms with E-state index in [1.807, 2.05) is 25.7 Å². The normalized spacial score (nSPS) is 19.2. The molecule has 1 heterocycles. The van der Waals surface area contributed by atoms with Gasteiger partial charge in [-0.05, 0) is 70.6 Å². The van der Waals surface area contributed by atoms with Crippen LogP contribution in [0.5, 0.6) is 0 Å². The predicted octanol–water partition coefficient (Wildman–Crippen LogP) is 5.11. The van der Waals surface area contributed by atoms with E-state index >= 15 is 0 Å². The van der Waals surface area contributed by atoms with Crippen molar-refractivity contribution in [3.63, 3.8) is 0 Å². The van der Waals surface area contributed by atoms with Gasteiger partial charge in [-0.15, -0.1) is 0 Å². The molecule has 0 aliphatic carbocycles. The van der Waals surface area contributed by atoms with E-state index in [9.17, 15) is 4.79 Å². The smallest absolute Gasteiger partial charge is 0.410 e. The minimum absolute atomic E-state index is 0.123. The first-order valence-electron chi connectivity index (χ1n) is 8.52. The zero-order chi connectivity index (χ0) is 17.0. The Labute approximate surface area is 140 Å². The maximum atomic E-state index is 12.4. The van der Waals surface area contributed by atoms with Crippen LogP contribution in [0.4, 0.5) is 4.79 Å². The van der Waals surface area contributed by atoms with Crippen molar-refractivity contribution in [2.75, 3.05) is 6.54 Å². The summed E-state index contributed by atoms with van der Waals surface area (Å²) in [5.74, 6) is 0. The van der Waals surface area contributed by atoms with Crippen LogP contribution in [0.3, 0.4) is 0 Å². The zero-order valence-electron chi connectivity index (χ0n) is 15.1. The van der Waals surface area contributed by atoms with Crippen LogP contribution in [0.15, 0.2) is 24.3 Å². The highest BCUT2D eigenvalue weighted by atomic mass is 16.6. The van der Waals surface area contributed by atoms with Gasteiger partial charge in [0.1, 0.15) is 5.60 Å².